The van der Waals surface area contributed by atoms with Gasteiger partial charge in [-0.3, -0.25) is 0 Å². The van der Waals surface area contributed by atoms with Crippen LogP contribution in [-0.2, 0) is 0 Å². The smallest absolute Gasteiger partial charge is 0.319 e. The third-order valence-corrected chi connectivity index (χ3v) is 4.67. The highest BCUT2D eigenvalue weighted by molar-refractivity contribution is 5.89. The van der Waals surface area contributed by atoms with Crippen molar-refractivity contribution in [3.05, 3.63) is 24.0 Å². The molecular formula is C18H28FN3O2. The first-order chi connectivity index (χ1) is 11.4. The summed E-state index contributed by atoms with van der Waals surface area (Å²) in [6, 6.07) is 4.54. The van der Waals surface area contributed by atoms with Crippen LogP contribution in [0.2, 0.25) is 0 Å². The number of aliphatic hydroxyl groups is 1. The van der Waals surface area contributed by atoms with Crippen LogP contribution in [0, 0.1) is 11.7 Å². The average Bonchev–Trinajstić information content (AvgIpc) is 2.52. The van der Waals surface area contributed by atoms with Crippen molar-refractivity contribution >= 4 is 17.4 Å². The molecule has 2 atom stereocenters. The van der Waals surface area contributed by atoms with Crippen molar-refractivity contribution in [1.29, 1.82) is 0 Å². The van der Waals surface area contributed by atoms with Gasteiger partial charge in [-0.25, -0.2) is 9.18 Å². The van der Waals surface area contributed by atoms with Crippen LogP contribution < -0.4 is 15.5 Å². The fourth-order valence-corrected chi connectivity index (χ4v) is 3.01. The van der Waals surface area contributed by atoms with Gasteiger partial charge < -0.3 is 20.6 Å². The van der Waals surface area contributed by atoms with Gasteiger partial charge >= 0.3 is 6.03 Å². The summed E-state index contributed by atoms with van der Waals surface area (Å²) < 4.78 is 14.2. The van der Waals surface area contributed by atoms with E-state index < -0.39 is 0 Å². The summed E-state index contributed by atoms with van der Waals surface area (Å²) in [5.74, 6) is -0.0577. The lowest BCUT2D eigenvalue weighted by atomic mass is 9.87. The summed E-state index contributed by atoms with van der Waals surface area (Å²) in [4.78, 5) is 13.8. The van der Waals surface area contributed by atoms with Crippen LogP contribution in [-0.4, -0.2) is 36.9 Å². The number of carbonyl (C=O) groups is 1. The van der Waals surface area contributed by atoms with E-state index in [1.807, 2.05) is 25.8 Å². The van der Waals surface area contributed by atoms with E-state index in [2.05, 4.69) is 10.6 Å². The van der Waals surface area contributed by atoms with E-state index in [0.717, 1.165) is 25.7 Å². The molecule has 0 saturated heterocycles. The number of urea groups is 1. The second-order valence-corrected chi connectivity index (χ2v) is 6.89. The van der Waals surface area contributed by atoms with E-state index in [0.29, 0.717) is 23.8 Å². The van der Waals surface area contributed by atoms with Crippen LogP contribution in [0.5, 0.6) is 0 Å². The van der Waals surface area contributed by atoms with Crippen LogP contribution in [0.15, 0.2) is 18.2 Å². The molecule has 0 aliphatic heterocycles. The van der Waals surface area contributed by atoms with E-state index in [-0.39, 0.29) is 24.0 Å². The summed E-state index contributed by atoms with van der Waals surface area (Å²) >= 11 is 0. The van der Waals surface area contributed by atoms with Crippen LogP contribution in [0.25, 0.3) is 0 Å². The Morgan fingerprint density at radius 3 is 2.79 bits per heavy atom. The number of carbonyl (C=O) groups excluding carboxylic acids is 1. The maximum atomic E-state index is 14.2. The summed E-state index contributed by atoms with van der Waals surface area (Å²) in [6.45, 7) is 4.50. The summed E-state index contributed by atoms with van der Waals surface area (Å²) in [5.41, 5.74) is 0.932. The van der Waals surface area contributed by atoms with Crippen LogP contribution in [0.1, 0.15) is 39.5 Å². The second-order valence-electron chi connectivity index (χ2n) is 6.89. The van der Waals surface area contributed by atoms with E-state index in [1.54, 1.807) is 12.1 Å². The number of hydrogen-bond acceptors (Lipinski definition) is 3. The van der Waals surface area contributed by atoms with Crippen LogP contribution in [0.4, 0.5) is 20.6 Å². The summed E-state index contributed by atoms with van der Waals surface area (Å²) in [5, 5.41) is 15.1. The third-order valence-electron chi connectivity index (χ3n) is 4.67. The van der Waals surface area contributed by atoms with Crippen molar-refractivity contribution < 1.29 is 14.3 Å². The van der Waals surface area contributed by atoms with E-state index >= 15 is 0 Å². The first-order valence-corrected chi connectivity index (χ1v) is 8.62. The molecule has 2 amide bonds. The molecule has 0 spiro atoms. The zero-order chi connectivity index (χ0) is 17.7. The van der Waals surface area contributed by atoms with Crippen molar-refractivity contribution in [3.8, 4) is 0 Å². The number of rotatable bonds is 5. The van der Waals surface area contributed by atoms with Gasteiger partial charge in [-0.2, -0.15) is 0 Å². The molecule has 1 saturated carbocycles. The molecule has 0 bridgehead atoms. The van der Waals surface area contributed by atoms with Gasteiger partial charge in [0.05, 0.1) is 11.8 Å². The second kappa shape index (κ2) is 8.33. The topological polar surface area (TPSA) is 64.6 Å². The minimum absolute atomic E-state index is 0.187. The van der Waals surface area contributed by atoms with Crippen molar-refractivity contribution in [3.63, 3.8) is 0 Å². The predicted octanol–water partition coefficient (Wildman–Crippen LogP) is 3.34. The molecule has 6 heteroatoms. The molecule has 0 aromatic heterocycles. The number of nitrogens with zero attached hydrogens (tertiary/aromatic N) is 1. The van der Waals surface area contributed by atoms with Crippen molar-refractivity contribution in [1.82, 2.24) is 5.32 Å². The zero-order valence-electron chi connectivity index (χ0n) is 14.7. The number of anilines is 2. The monoisotopic (exact) mass is 337 g/mol. The molecule has 134 valence electrons. The molecule has 1 aliphatic rings. The normalized spacial score (nSPS) is 20.8. The summed E-state index contributed by atoms with van der Waals surface area (Å²) in [6.07, 6.45) is 3.32. The number of aliphatic hydroxyl groups excluding tert-OH is 1. The van der Waals surface area contributed by atoms with Crippen LogP contribution >= 0.6 is 0 Å². The molecule has 0 radical (unpaired) electrons. The van der Waals surface area contributed by atoms with Gasteiger partial charge in [-0.1, -0.05) is 6.42 Å². The Labute approximate surface area is 143 Å². The molecule has 5 nitrogen and oxygen atoms in total. The van der Waals surface area contributed by atoms with Gasteiger partial charge in [0.15, 0.2) is 0 Å². The minimum atomic E-state index is -0.362. The number of benzene rings is 1. The molecular weight excluding hydrogens is 309 g/mol. The van der Waals surface area contributed by atoms with Crippen molar-refractivity contribution in [2.45, 2.75) is 51.7 Å². The Hall–Kier alpha value is -1.82. The van der Waals surface area contributed by atoms with Crippen LogP contribution in [0.3, 0.4) is 0 Å². The van der Waals surface area contributed by atoms with Gasteiger partial charge in [0.25, 0.3) is 0 Å². The van der Waals surface area contributed by atoms with E-state index in [9.17, 15) is 14.3 Å². The number of nitrogens with one attached hydrogen (secondary N) is 2. The molecule has 3 N–H and O–H groups in total. The maximum absolute atomic E-state index is 14.2. The van der Waals surface area contributed by atoms with E-state index in [4.69, 9.17) is 0 Å². The molecule has 2 rings (SSSR count). The molecule has 24 heavy (non-hydrogen) atoms. The Bertz CT molecular complexity index is 565. The fourth-order valence-electron chi connectivity index (χ4n) is 3.01. The first kappa shape index (κ1) is 18.5. The largest absolute Gasteiger partial charge is 0.393 e. The zero-order valence-corrected chi connectivity index (χ0v) is 14.7. The predicted molar refractivity (Wildman–Crippen MR) is 94.9 cm³/mol. The molecule has 0 heterocycles. The number of halogens is 1. The highest BCUT2D eigenvalue weighted by Crippen LogP contribution is 2.24. The molecule has 1 aromatic rings. The van der Waals surface area contributed by atoms with Gasteiger partial charge in [-0.05, 0) is 57.2 Å². The van der Waals surface area contributed by atoms with Gasteiger partial charge in [0, 0.05) is 25.3 Å². The fraction of sp³-hybridized carbons (Fsp3) is 0.611. The molecule has 2 unspecified atom stereocenters. The maximum Gasteiger partial charge on any atom is 0.319 e. The minimum Gasteiger partial charge on any atom is -0.393 e. The highest BCUT2D eigenvalue weighted by Gasteiger charge is 2.20. The van der Waals surface area contributed by atoms with Gasteiger partial charge in [-0.15, -0.1) is 0 Å². The summed E-state index contributed by atoms with van der Waals surface area (Å²) in [7, 11) is 1.83. The third kappa shape index (κ3) is 5.09. The average molecular weight is 337 g/mol. The van der Waals surface area contributed by atoms with Crippen molar-refractivity contribution in [2.24, 2.45) is 5.92 Å². The lowest BCUT2D eigenvalue weighted by Gasteiger charge is -2.26. The molecule has 1 aliphatic carbocycles. The lowest BCUT2D eigenvalue weighted by molar-refractivity contribution is 0.101. The standard InChI is InChI=1S/C18H28FN3O2/c1-12(2)22(3)17-8-7-14(10-16(17)19)21-18(24)20-11-13-5-4-6-15(23)9-13/h7-8,10,12-13,15,23H,4-6,9,11H2,1-3H3,(H2,20,21,24). The number of amides is 2. The highest BCUT2D eigenvalue weighted by atomic mass is 19.1. The van der Waals surface area contributed by atoms with Gasteiger partial charge in [0.2, 0.25) is 0 Å². The van der Waals surface area contributed by atoms with Crippen molar-refractivity contribution in [2.75, 3.05) is 23.8 Å². The Kier molecular flexibility index (Phi) is 6.43. The molecule has 1 fully saturated rings. The molecule has 1 aromatic carbocycles. The Morgan fingerprint density at radius 1 is 1.42 bits per heavy atom. The quantitative estimate of drug-likeness (QED) is 0.772. The lowest BCUT2D eigenvalue weighted by Crippen LogP contribution is -2.35. The number of hydrogen-bond donors (Lipinski definition) is 3. The Morgan fingerprint density at radius 2 is 2.17 bits per heavy atom. The first-order valence-electron chi connectivity index (χ1n) is 8.62. The van der Waals surface area contributed by atoms with Gasteiger partial charge in [0.1, 0.15) is 5.82 Å². The van der Waals surface area contributed by atoms with E-state index in [1.165, 1.54) is 6.07 Å². The SMILES string of the molecule is CC(C)N(C)c1ccc(NC(=O)NCC2CCCC(O)C2)cc1F. The Balaban J connectivity index is 1.86.